The van der Waals surface area contributed by atoms with Gasteiger partial charge in [-0.2, -0.15) is 0 Å². The highest BCUT2D eigenvalue weighted by molar-refractivity contribution is 6.01. The second-order valence-corrected chi connectivity index (χ2v) is 5.76. The first kappa shape index (κ1) is 16.0. The highest BCUT2D eigenvalue weighted by Crippen LogP contribution is 2.23. The molecule has 0 saturated heterocycles. The zero-order valence-corrected chi connectivity index (χ0v) is 11.8. The van der Waals surface area contributed by atoms with E-state index in [0.717, 1.165) is 6.07 Å². The van der Waals surface area contributed by atoms with Crippen molar-refractivity contribution in [3.8, 4) is 5.75 Å². The van der Waals surface area contributed by atoms with E-state index in [0.29, 0.717) is 0 Å². The lowest BCUT2D eigenvalue weighted by molar-refractivity contribution is -0.117. The summed E-state index contributed by atoms with van der Waals surface area (Å²) in [6, 6.07) is 3.40. The van der Waals surface area contributed by atoms with Crippen LogP contribution in [-0.2, 0) is 4.79 Å². The summed E-state index contributed by atoms with van der Waals surface area (Å²) in [5.41, 5.74) is 5.67. The smallest absolute Gasteiger partial charge is 0.337 e. The Labute approximate surface area is 117 Å². The molecule has 20 heavy (non-hydrogen) atoms. The van der Waals surface area contributed by atoms with Crippen LogP contribution in [0, 0.1) is 5.41 Å². The molecule has 0 spiro atoms. The molecule has 0 aliphatic heterocycles. The molecule has 1 unspecified atom stereocenters. The predicted octanol–water partition coefficient (Wildman–Crippen LogP) is 1.79. The van der Waals surface area contributed by atoms with E-state index >= 15 is 0 Å². The molecule has 1 rings (SSSR count). The Balaban J connectivity index is 2.84. The molecule has 0 saturated carbocycles. The molecule has 1 amide bonds. The first-order chi connectivity index (χ1) is 9.11. The fourth-order valence-corrected chi connectivity index (χ4v) is 1.53. The molecular weight excluding hydrogens is 260 g/mol. The Kier molecular flexibility index (Phi) is 4.73. The van der Waals surface area contributed by atoms with E-state index in [2.05, 4.69) is 5.32 Å². The second-order valence-electron chi connectivity index (χ2n) is 5.76. The van der Waals surface area contributed by atoms with Crippen LogP contribution < -0.4 is 11.1 Å². The van der Waals surface area contributed by atoms with Gasteiger partial charge in [-0.25, -0.2) is 4.79 Å². The van der Waals surface area contributed by atoms with Crippen LogP contribution in [0.1, 0.15) is 37.6 Å². The zero-order chi connectivity index (χ0) is 15.5. The van der Waals surface area contributed by atoms with Crippen LogP contribution in [0.5, 0.6) is 5.75 Å². The number of nitrogens with one attached hydrogen (secondary N) is 1. The van der Waals surface area contributed by atoms with Crippen molar-refractivity contribution in [1.29, 1.82) is 0 Å². The number of hydrogen-bond acceptors (Lipinski definition) is 4. The van der Waals surface area contributed by atoms with E-state index in [1.807, 2.05) is 20.8 Å². The summed E-state index contributed by atoms with van der Waals surface area (Å²) in [5.74, 6) is -1.76. The van der Waals surface area contributed by atoms with E-state index < -0.39 is 5.97 Å². The van der Waals surface area contributed by atoms with Crippen LogP contribution in [0.2, 0.25) is 0 Å². The van der Waals surface area contributed by atoms with Gasteiger partial charge in [0.2, 0.25) is 5.91 Å². The zero-order valence-electron chi connectivity index (χ0n) is 11.8. The summed E-state index contributed by atoms with van der Waals surface area (Å²) >= 11 is 0. The maximum atomic E-state index is 11.9. The summed E-state index contributed by atoms with van der Waals surface area (Å²) in [7, 11) is 0. The fourth-order valence-electron chi connectivity index (χ4n) is 1.53. The molecule has 5 N–H and O–H groups in total. The molecule has 0 heterocycles. The molecule has 110 valence electrons. The molecule has 0 fully saturated rings. The number of carbonyl (C=O) groups excluding carboxylic acids is 1. The average molecular weight is 280 g/mol. The highest BCUT2D eigenvalue weighted by atomic mass is 16.4. The molecular formula is C14H20N2O4. The van der Waals surface area contributed by atoms with Crippen LogP contribution in [0.15, 0.2) is 18.2 Å². The number of phenols is 1. The summed E-state index contributed by atoms with van der Waals surface area (Å²) in [5, 5.41) is 20.8. The lowest BCUT2D eigenvalue weighted by atomic mass is 9.85. The number of aromatic hydroxyl groups is 1. The van der Waals surface area contributed by atoms with Crippen molar-refractivity contribution < 1.29 is 19.8 Å². The molecule has 1 atom stereocenters. The van der Waals surface area contributed by atoms with E-state index in [1.165, 1.54) is 12.1 Å². The summed E-state index contributed by atoms with van der Waals surface area (Å²) in [6.45, 7) is 5.77. The number of carboxylic acids is 1. The average Bonchev–Trinajstić information content (AvgIpc) is 2.29. The molecule has 0 aliphatic carbocycles. The Morgan fingerprint density at radius 2 is 1.95 bits per heavy atom. The third-order valence-electron chi connectivity index (χ3n) is 3.03. The number of carboxylic acid groups (broad SMARTS) is 1. The van der Waals surface area contributed by atoms with Gasteiger partial charge in [-0.3, -0.25) is 4.79 Å². The molecule has 0 bridgehead atoms. The Morgan fingerprint density at radius 1 is 1.35 bits per heavy atom. The topological polar surface area (TPSA) is 113 Å². The van der Waals surface area contributed by atoms with Gasteiger partial charge in [-0.1, -0.05) is 20.8 Å². The van der Waals surface area contributed by atoms with Gasteiger partial charge in [0.15, 0.2) is 0 Å². The summed E-state index contributed by atoms with van der Waals surface area (Å²) < 4.78 is 0. The van der Waals surface area contributed by atoms with Gasteiger partial charge in [0.1, 0.15) is 5.75 Å². The molecule has 1 aromatic rings. The van der Waals surface area contributed by atoms with E-state index in [1.54, 1.807) is 0 Å². The molecule has 0 aromatic heterocycles. The number of rotatable bonds is 4. The molecule has 0 radical (unpaired) electrons. The van der Waals surface area contributed by atoms with Crippen molar-refractivity contribution in [2.24, 2.45) is 11.1 Å². The van der Waals surface area contributed by atoms with Gasteiger partial charge in [0.05, 0.1) is 11.3 Å². The highest BCUT2D eigenvalue weighted by Gasteiger charge is 2.23. The molecule has 6 heteroatoms. The van der Waals surface area contributed by atoms with Crippen molar-refractivity contribution in [2.75, 3.05) is 5.32 Å². The van der Waals surface area contributed by atoms with Gasteiger partial charge in [-0.05, 0) is 23.6 Å². The van der Waals surface area contributed by atoms with Gasteiger partial charge < -0.3 is 21.3 Å². The lowest BCUT2D eigenvalue weighted by Gasteiger charge is -2.26. The monoisotopic (exact) mass is 280 g/mol. The van der Waals surface area contributed by atoms with Crippen molar-refractivity contribution in [3.05, 3.63) is 23.8 Å². The second kappa shape index (κ2) is 5.92. The predicted molar refractivity (Wildman–Crippen MR) is 75.7 cm³/mol. The first-order valence-corrected chi connectivity index (χ1v) is 6.23. The SMILES string of the molecule is CC(C)(C)C(N)CC(=O)Nc1ccc(O)cc1C(=O)O. The number of hydrogen-bond donors (Lipinski definition) is 4. The number of anilines is 1. The summed E-state index contributed by atoms with van der Waals surface area (Å²) in [6.07, 6.45) is 0.0867. The van der Waals surface area contributed by atoms with E-state index in [-0.39, 0.29) is 40.8 Å². The fraction of sp³-hybridized carbons (Fsp3) is 0.429. The van der Waals surface area contributed by atoms with Gasteiger partial charge in [-0.15, -0.1) is 0 Å². The van der Waals surface area contributed by atoms with Crippen molar-refractivity contribution in [1.82, 2.24) is 0 Å². The van der Waals surface area contributed by atoms with Crippen LogP contribution in [-0.4, -0.2) is 28.1 Å². The van der Waals surface area contributed by atoms with Gasteiger partial charge >= 0.3 is 5.97 Å². The maximum absolute atomic E-state index is 11.9. The Morgan fingerprint density at radius 3 is 2.45 bits per heavy atom. The van der Waals surface area contributed by atoms with Crippen LogP contribution in [0.25, 0.3) is 0 Å². The van der Waals surface area contributed by atoms with E-state index in [9.17, 15) is 14.7 Å². The van der Waals surface area contributed by atoms with Crippen molar-refractivity contribution >= 4 is 17.6 Å². The lowest BCUT2D eigenvalue weighted by Crippen LogP contribution is -2.38. The maximum Gasteiger partial charge on any atom is 0.337 e. The van der Waals surface area contributed by atoms with Crippen LogP contribution in [0.4, 0.5) is 5.69 Å². The minimum Gasteiger partial charge on any atom is -0.508 e. The number of amides is 1. The quantitative estimate of drug-likeness (QED) is 0.628. The number of phenolic OH excluding ortho intramolecular Hbond substituents is 1. The largest absolute Gasteiger partial charge is 0.508 e. The molecule has 0 aliphatic rings. The third kappa shape index (κ3) is 4.24. The minimum absolute atomic E-state index is 0.0867. The third-order valence-corrected chi connectivity index (χ3v) is 3.03. The summed E-state index contributed by atoms with van der Waals surface area (Å²) in [4.78, 5) is 22.9. The van der Waals surface area contributed by atoms with Crippen molar-refractivity contribution in [3.63, 3.8) is 0 Å². The van der Waals surface area contributed by atoms with Crippen LogP contribution in [0.3, 0.4) is 0 Å². The minimum atomic E-state index is -1.23. The Bertz CT molecular complexity index is 520. The van der Waals surface area contributed by atoms with Crippen LogP contribution >= 0.6 is 0 Å². The van der Waals surface area contributed by atoms with E-state index in [4.69, 9.17) is 10.8 Å². The molecule has 6 nitrogen and oxygen atoms in total. The normalized spacial score (nSPS) is 12.8. The molecule has 1 aromatic carbocycles. The van der Waals surface area contributed by atoms with Gasteiger partial charge in [0, 0.05) is 12.5 Å². The number of aromatic carboxylic acids is 1. The number of benzene rings is 1. The van der Waals surface area contributed by atoms with Gasteiger partial charge in [0.25, 0.3) is 0 Å². The number of carbonyl (C=O) groups is 2. The Hall–Kier alpha value is -2.08. The van der Waals surface area contributed by atoms with Crippen molar-refractivity contribution in [2.45, 2.75) is 33.2 Å². The number of nitrogens with two attached hydrogens (primary N) is 1. The standard InChI is InChI=1S/C14H20N2O4/c1-14(2,3)11(15)7-12(18)16-10-5-4-8(17)6-9(10)13(19)20/h4-6,11,17H,7,15H2,1-3H3,(H,16,18)(H,19,20). The first-order valence-electron chi connectivity index (χ1n) is 6.23.